The Bertz CT molecular complexity index is 464. The van der Waals surface area contributed by atoms with Crippen molar-refractivity contribution < 1.29 is 9.90 Å². The van der Waals surface area contributed by atoms with Crippen LogP contribution in [-0.2, 0) is 5.41 Å². The second kappa shape index (κ2) is 4.97. The number of nitrogens with one attached hydrogen (secondary N) is 1. The first-order valence-electron chi connectivity index (χ1n) is 6.91. The van der Waals surface area contributed by atoms with Gasteiger partial charge < -0.3 is 10.4 Å². The van der Waals surface area contributed by atoms with Gasteiger partial charge >= 0.3 is 0 Å². The average molecular weight is 261 g/mol. The summed E-state index contributed by atoms with van der Waals surface area (Å²) in [5.74, 6) is -0.0701. The first-order valence-corrected chi connectivity index (χ1v) is 6.91. The molecule has 1 aliphatic rings. The average Bonchev–Trinajstić information content (AvgIpc) is 2.32. The summed E-state index contributed by atoms with van der Waals surface area (Å²) < 4.78 is 0. The van der Waals surface area contributed by atoms with Crippen LogP contribution in [0.15, 0.2) is 24.3 Å². The monoisotopic (exact) mass is 261 g/mol. The van der Waals surface area contributed by atoms with E-state index in [-0.39, 0.29) is 23.5 Å². The summed E-state index contributed by atoms with van der Waals surface area (Å²) in [7, 11) is 0. The number of hydrogen-bond donors (Lipinski definition) is 2. The second-order valence-electron chi connectivity index (χ2n) is 6.54. The molecular formula is C16H23NO2. The highest BCUT2D eigenvalue weighted by Gasteiger charge is 2.38. The van der Waals surface area contributed by atoms with Crippen LogP contribution in [0.2, 0.25) is 0 Å². The highest BCUT2D eigenvalue weighted by molar-refractivity contribution is 5.96. The Morgan fingerprint density at radius 1 is 1.32 bits per heavy atom. The van der Waals surface area contributed by atoms with Gasteiger partial charge in [0.25, 0.3) is 5.91 Å². The van der Waals surface area contributed by atoms with Gasteiger partial charge in [0.05, 0.1) is 12.1 Å². The fourth-order valence-corrected chi connectivity index (χ4v) is 2.57. The third-order valence-electron chi connectivity index (χ3n) is 3.97. The molecule has 1 amide bonds. The van der Waals surface area contributed by atoms with Gasteiger partial charge in [0.15, 0.2) is 0 Å². The molecule has 3 heteroatoms. The van der Waals surface area contributed by atoms with Crippen molar-refractivity contribution in [3.63, 3.8) is 0 Å². The Hall–Kier alpha value is -1.35. The number of carbonyl (C=O) groups excluding carboxylic acids is 1. The molecule has 0 aliphatic heterocycles. The van der Waals surface area contributed by atoms with E-state index in [4.69, 9.17) is 0 Å². The van der Waals surface area contributed by atoms with Crippen molar-refractivity contribution in [1.82, 2.24) is 5.32 Å². The Balaban J connectivity index is 2.25. The van der Waals surface area contributed by atoms with Crippen LogP contribution in [0.3, 0.4) is 0 Å². The zero-order valence-electron chi connectivity index (χ0n) is 12.0. The Morgan fingerprint density at radius 3 is 2.42 bits per heavy atom. The highest BCUT2D eigenvalue weighted by atomic mass is 16.3. The fourth-order valence-electron chi connectivity index (χ4n) is 2.57. The van der Waals surface area contributed by atoms with E-state index >= 15 is 0 Å². The molecule has 2 N–H and O–H groups in total. The molecule has 1 aromatic carbocycles. The Labute approximate surface area is 115 Å². The lowest BCUT2D eigenvalue weighted by Crippen LogP contribution is -2.56. The smallest absolute Gasteiger partial charge is 0.252 e. The molecule has 1 aromatic rings. The van der Waals surface area contributed by atoms with Crippen LogP contribution < -0.4 is 5.32 Å². The number of benzene rings is 1. The number of rotatable bonds is 3. The molecule has 0 atom stereocenters. The topological polar surface area (TPSA) is 49.3 Å². The quantitative estimate of drug-likeness (QED) is 0.878. The molecule has 0 saturated heterocycles. The minimum absolute atomic E-state index is 0.0242. The van der Waals surface area contributed by atoms with Crippen molar-refractivity contribution in [2.24, 2.45) is 0 Å². The first kappa shape index (κ1) is 14.1. The van der Waals surface area contributed by atoms with Gasteiger partial charge in [0.2, 0.25) is 0 Å². The summed E-state index contributed by atoms with van der Waals surface area (Å²) in [4.78, 5) is 12.5. The zero-order chi connectivity index (χ0) is 14.1. The minimum Gasteiger partial charge on any atom is -0.394 e. The van der Waals surface area contributed by atoms with E-state index < -0.39 is 0 Å². The maximum absolute atomic E-state index is 12.5. The molecule has 1 fully saturated rings. The standard InChI is InChI=1S/C16H23NO2/c1-15(2,3)13-8-5-4-7-12(13)14(19)17-16(11-18)9-6-10-16/h4-5,7-8,18H,6,9-11H2,1-3H3,(H,17,19). The van der Waals surface area contributed by atoms with Crippen molar-refractivity contribution in [3.05, 3.63) is 35.4 Å². The molecule has 0 bridgehead atoms. The van der Waals surface area contributed by atoms with Crippen LogP contribution in [-0.4, -0.2) is 23.2 Å². The molecule has 2 rings (SSSR count). The van der Waals surface area contributed by atoms with Crippen molar-refractivity contribution in [1.29, 1.82) is 0 Å². The van der Waals surface area contributed by atoms with E-state index in [1.54, 1.807) is 0 Å². The van der Waals surface area contributed by atoms with Crippen molar-refractivity contribution >= 4 is 5.91 Å². The number of aliphatic hydroxyl groups excluding tert-OH is 1. The van der Waals surface area contributed by atoms with Crippen LogP contribution >= 0.6 is 0 Å². The van der Waals surface area contributed by atoms with E-state index in [1.165, 1.54) is 0 Å². The lowest BCUT2D eigenvalue weighted by atomic mass is 9.77. The number of hydrogen-bond acceptors (Lipinski definition) is 2. The van der Waals surface area contributed by atoms with E-state index in [1.807, 2.05) is 24.3 Å². The third kappa shape index (κ3) is 2.81. The van der Waals surface area contributed by atoms with Crippen molar-refractivity contribution in [2.75, 3.05) is 6.61 Å². The van der Waals surface area contributed by atoms with Gasteiger partial charge in [-0.25, -0.2) is 0 Å². The third-order valence-corrected chi connectivity index (χ3v) is 3.97. The van der Waals surface area contributed by atoms with Crippen LogP contribution in [0.4, 0.5) is 0 Å². The van der Waals surface area contributed by atoms with E-state index in [9.17, 15) is 9.90 Å². The zero-order valence-corrected chi connectivity index (χ0v) is 12.0. The largest absolute Gasteiger partial charge is 0.394 e. The normalized spacial score (nSPS) is 17.7. The van der Waals surface area contributed by atoms with Gasteiger partial charge in [0, 0.05) is 5.56 Å². The SMILES string of the molecule is CC(C)(C)c1ccccc1C(=O)NC1(CO)CCC1. The van der Waals surface area contributed by atoms with Gasteiger partial charge in [-0.2, -0.15) is 0 Å². The summed E-state index contributed by atoms with van der Waals surface area (Å²) in [6.07, 6.45) is 2.81. The van der Waals surface area contributed by atoms with Crippen LogP contribution in [0, 0.1) is 0 Å². The molecule has 104 valence electrons. The summed E-state index contributed by atoms with van der Waals surface area (Å²) in [6.45, 7) is 6.33. The van der Waals surface area contributed by atoms with E-state index in [0.717, 1.165) is 30.4 Å². The van der Waals surface area contributed by atoms with Crippen LogP contribution in [0.25, 0.3) is 0 Å². The maximum atomic E-state index is 12.5. The number of carbonyl (C=O) groups is 1. The van der Waals surface area contributed by atoms with Gasteiger partial charge in [-0.3, -0.25) is 4.79 Å². The van der Waals surface area contributed by atoms with Gasteiger partial charge in [-0.05, 0) is 36.3 Å². The maximum Gasteiger partial charge on any atom is 0.252 e. The van der Waals surface area contributed by atoms with Crippen molar-refractivity contribution in [3.8, 4) is 0 Å². The summed E-state index contributed by atoms with van der Waals surface area (Å²) in [6, 6.07) is 7.71. The molecule has 3 nitrogen and oxygen atoms in total. The molecule has 0 heterocycles. The van der Waals surface area contributed by atoms with Gasteiger partial charge in [0.1, 0.15) is 0 Å². The van der Waals surface area contributed by atoms with Crippen LogP contribution in [0.5, 0.6) is 0 Å². The summed E-state index contributed by atoms with van der Waals surface area (Å²) in [5, 5.41) is 12.5. The highest BCUT2D eigenvalue weighted by Crippen LogP contribution is 2.32. The lowest BCUT2D eigenvalue weighted by Gasteiger charge is -2.41. The predicted molar refractivity (Wildman–Crippen MR) is 76.3 cm³/mol. The van der Waals surface area contributed by atoms with E-state index in [2.05, 4.69) is 26.1 Å². The lowest BCUT2D eigenvalue weighted by molar-refractivity contribution is 0.0640. The number of aliphatic hydroxyl groups is 1. The molecule has 0 spiro atoms. The fraction of sp³-hybridized carbons (Fsp3) is 0.562. The Morgan fingerprint density at radius 2 is 1.95 bits per heavy atom. The van der Waals surface area contributed by atoms with Gasteiger partial charge in [-0.15, -0.1) is 0 Å². The molecule has 0 unspecified atom stereocenters. The van der Waals surface area contributed by atoms with E-state index in [0.29, 0.717) is 0 Å². The number of amides is 1. The second-order valence-corrected chi connectivity index (χ2v) is 6.54. The van der Waals surface area contributed by atoms with Gasteiger partial charge in [-0.1, -0.05) is 39.0 Å². The molecule has 0 aromatic heterocycles. The Kier molecular flexibility index (Phi) is 3.68. The van der Waals surface area contributed by atoms with Crippen LogP contribution in [0.1, 0.15) is 56.0 Å². The minimum atomic E-state index is -0.387. The first-order chi connectivity index (χ1) is 8.88. The molecule has 1 saturated carbocycles. The predicted octanol–water partition coefficient (Wildman–Crippen LogP) is 2.63. The molecule has 19 heavy (non-hydrogen) atoms. The molecule has 1 aliphatic carbocycles. The summed E-state index contributed by atoms with van der Waals surface area (Å²) in [5.41, 5.74) is 1.30. The van der Waals surface area contributed by atoms with Crippen molar-refractivity contribution in [2.45, 2.75) is 51.0 Å². The summed E-state index contributed by atoms with van der Waals surface area (Å²) >= 11 is 0. The molecule has 0 radical (unpaired) electrons. The molecular weight excluding hydrogens is 238 g/mol.